The zero-order valence-corrected chi connectivity index (χ0v) is 9.72. The Bertz CT molecular complexity index is 517. The van der Waals surface area contributed by atoms with Crippen molar-refractivity contribution in [3.8, 4) is 0 Å². The number of likely N-dealkylation sites (N-methyl/N-ethyl adjacent to an activating group) is 1. The largest absolute Gasteiger partial charge is 0.306 e. The lowest BCUT2D eigenvalue weighted by molar-refractivity contribution is 0.409. The van der Waals surface area contributed by atoms with E-state index in [0.29, 0.717) is 5.92 Å². The first-order chi connectivity index (χ1) is 7.75. The maximum Gasteiger partial charge on any atom is 0.163 e. The molecule has 0 saturated carbocycles. The molecule has 0 aromatic carbocycles. The highest BCUT2D eigenvalue weighted by atomic mass is 15.3. The quantitative estimate of drug-likeness (QED) is 0.723. The lowest BCUT2D eigenvalue weighted by atomic mass is 10.1. The molecule has 16 heavy (non-hydrogen) atoms. The molecule has 0 aliphatic carbocycles. The summed E-state index contributed by atoms with van der Waals surface area (Å²) in [5, 5.41) is 8.64. The number of hydrogen-bond acceptors (Lipinski definition) is 3. The minimum absolute atomic E-state index is 0.529. The van der Waals surface area contributed by atoms with E-state index < -0.39 is 0 Å². The van der Waals surface area contributed by atoms with Crippen molar-refractivity contribution < 1.29 is 0 Å². The first-order valence-electron chi connectivity index (χ1n) is 5.74. The van der Waals surface area contributed by atoms with Crippen molar-refractivity contribution in [2.24, 2.45) is 0 Å². The van der Waals surface area contributed by atoms with Gasteiger partial charge < -0.3 is 4.90 Å². The fraction of sp³-hybridized carbons (Fsp3) is 0.500. The van der Waals surface area contributed by atoms with E-state index in [4.69, 9.17) is 0 Å². The van der Waals surface area contributed by atoms with E-state index in [1.807, 2.05) is 0 Å². The van der Waals surface area contributed by atoms with Crippen molar-refractivity contribution in [3.05, 3.63) is 29.7 Å². The van der Waals surface area contributed by atoms with Gasteiger partial charge in [-0.3, -0.25) is 4.40 Å². The van der Waals surface area contributed by atoms with Gasteiger partial charge in [-0.1, -0.05) is 6.07 Å². The number of aromatic nitrogens is 3. The molecule has 1 atom stereocenters. The Morgan fingerprint density at radius 1 is 1.38 bits per heavy atom. The lowest BCUT2D eigenvalue weighted by Gasteiger charge is -2.08. The molecule has 1 unspecified atom stereocenters. The third kappa shape index (κ3) is 1.41. The fourth-order valence-electron chi connectivity index (χ4n) is 2.49. The summed E-state index contributed by atoms with van der Waals surface area (Å²) in [6, 6.07) is 4.14. The molecule has 0 radical (unpaired) electrons. The van der Waals surface area contributed by atoms with Crippen LogP contribution in [0.3, 0.4) is 0 Å². The van der Waals surface area contributed by atoms with Gasteiger partial charge in [-0.05, 0) is 38.6 Å². The van der Waals surface area contributed by atoms with Gasteiger partial charge in [0.05, 0.1) is 0 Å². The Hall–Kier alpha value is -1.42. The van der Waals surface area contributed by atoms with E-state index >= 15 is 0 Å². The standard InChI is InChI=1S/C12H16N4/c1-9-4-3-6-16-11(9)13-14-12(16)10-5-7-15(2)8-10/h3-4,6,10H,5,7-8H2,1-2H3. The van der Waals surface area contributed by atoms with Crippen LogP contribution in [0.1, 0.15) is 23.7 Å². The molecule has 0 bridgehead atoms. The highest BCUT2D eigenvalue weighted by molar-refractivity contribution is 5.46. The first-order valence-corrected chi connectivity index (χ1v) is 5.74. The van der Waals surface area contributed by atoms with Gasteiger partial charge in [0.15, 0.2) is 5.65 Å². The molecule has 4 nitrogen and oxygen atoms in total. The molecule has 2 aromatic rings. The van der Waals surface area contributed by atoms with Gasteiger partial charge in [-0.15, -0.1) is 10.2 Å². The van der Waals surface area contributed by atoms with Crippen molar-refractivity contribution in [3.63, 3.8) is 0 Å². The number of fused-ring (bicyclic) bond motifs is 1. The molecule has 0 amide bonds. The van der Waals surface area contributed by atoms with Crippen molar-refractivity contribution in [1.82, 2.24) is 19.5 Å². The predicted molar refractivity (Wildman–Crippen MR) is 62.6 cm³/mol. The molecule has 1 aliphatic rings. The van der Waals surface area contributed by atoms with Crippen molar-refractivity contribution >= 4 is 5.65 Å². The van der Waals surface area contributed by atoms with Crippen LogP contribution in [0.15, 0.2) is 18.3 Å². The van der Waals surface area contributed by atoms with E-state index in [1.165, 1.54) is 12.0 Å². The Labute approximate surface area is 94.9 Å². The molecule has 2 aromatic heterocycles. The SMILES string of the molecule is Cc1cccn2c(C3CCN(C)C3)nnc12. The van der Waals surface area contributed by atoms with E-state index in [0.717, 1.165) is 24.6 Å². The molecular formula is C12H16N4. The minimum atomic E-state index is 0.529. The maximum atomic E-state index is 4.36. The molecule has 3 rings (SSSR count). The predicted octanol–water partition coefficient (Wildman–Crippen LogP) is 1.46. The molecule has 1 aliphatic heterocycles. The summed E-state index contributed by atoms with van der Waals surface area (Å²) < 4.78 is 2.14. The summed E-state index contributed by atoms with van der Waals surface area (Å²) in [5.74, 6) is 1.64. The highest BCUT2D eigenvalue weighted by Crippen LogP contribution is 2.25. The van der Waals surface area contributed by atoms with Crippen LogP contribution >= 0.6 is 0 Å². The summed E-state index contributed by atoms with van der Waals surface area (Å²) in [6.45, 7) is 4.33. The summed E-state index contributed by atoms with van der Waals surface area (Å²) in [7, 11) is 2.16. The van der Waals surface area contributed by atoms with E-state index in [-0.39, 0.29) is 0 Å². The van der Waals surface area contributed by atoms with Crippen LogP contribution in [-0.2, 0) is 0 Å². The monoisotopic (exact) mass is 216 g/mol. The van der Waals surface area contributed by atoms with E-state index in [1.54, 1.807) is 0 Å². The summed E-state index contributed by atoms with van der Waals surface area (Å²) in [6.07, 6.45) is 3.25. The number of aryl methyl sites for hydroxylation is 1. The van der Waals surface area contributed by atoms with Crippen LogP contribution in [0.2, 0.25) is 0 Å². The molecule has 0 spiro atoms. The normalized spacial score (nSPS) is 22.0. The number of likely N-dealkylation sites (tertiary alicyclic amines) is 1. The lowest BCUT2D eigenvalue weighted by Crippen LogP contribution is -2.14. The van der Waals surface area contributed by atoms with Gasteiger partial charge in [-0.2, -0.15) is 0 Å². The molecule has 1 saturated heterocycles. The molecule has 4 heteroatoms. The Kier molecular flexibility index (Phi) is 2.17. The minimum Gasteiger partial charge on any atom is -0.306 e. The molecular weight excluding hydrogens is 200 g/mol. The maximum absolute atomic E-state index is 4.36. The second-order valence-electron chi connectivity index (χ2n) is 4.69. The second kappa shape index (κ2) is 3.56. The molecule has 1 fully saturated rings. The zero-order chi connectivity index (χ0) is 11.1. The Morgan fingerprint density at radius 2 is 2.25 bits per heavy atom. The van der Waals surface area contributed by atoms with Gasteiger partial charge in [0.2, 0.25) is 0 Å². The van der Waals surface area contributed by atoms with Crippen LogP contribution in [-0.4, -0.2) is 39.6 Å². The Balaban J connectivity index is 2.08. The van der Waals surface area contributed by atoms with Crippen molar-refractivity contribution in [2.75, 3.05) is 20.1 Å². The summed E-state index contributed by atoms with van der Waals surface area (Å²) in [4.78, 5) is 2.35. The summed E-state index contributed by atoms with van der Waals surface area (Å²) in [5.41, 5.74) is 2.18. The topological polar surface area (TPSA) is 33.4 Å². The van der Waals surface area contributed by atoms with Gasteiger partial charge in [0, 0.05) is 18.7 Å². The zero-order valence-electron chi connectivity index (χ0n) is 9.72. The highest BCUT2D eigenvalue weighted by Gasteiger charge is 2.25. The average Bonchev–Trinajstić information content (AvgIpc) is 2.84. The van der Waals surface area contributed by atoms with Crippen LogP contribution < -0.4 is 0 Å². The van der Waals surface area contributed by atoms with Crippen molar-refractivity contribution in [1.29, 1.82) is 0 Å². The van der Waals surface area contributed by atoms with Crippen LogP contribution in [0, 0.1) is 6.92 Å². The third-order valence-electron chi connectivity index (χ3n) is 3.41. The molecule has 3 heterocycles. The number of rotatable bonds is 1. The van der Waals surface area contributed by atoms with Crippen LogP contribution in [0.25, 0.3) is 5.65 Å². The van der Waals surface area contributed by atoms with Crippen molar-refractivity contribution in [2.45, 2.75) is 19.3 Å². The Morgan fingerprint density at radius 3 is 3.00 bits per heavy atom. The van der Waals surface area contributed by atoms with Gasteiger partial charge in [-0.25, -0.2) is 0 Å². The van der Waals surface area contributed by atoms with E-state index in [2.05, 4.69) is 51.8 Å². The average molecular weight is 216 g/mol. The fourth-order valence-corrected chi connectivity index (χ4v) is 2.49. The number of pyridine rings is 1. The van der Waals surface area contributed by atoms with Crippen LogP contribution in [0.5, 0.6) is 0 Å². The van der Waals surface area contributed by atoms with Gasteiger partial charge in [0.1, 0.15) is 5.82 Å². The smallest absolute Gasteiger partial charge is 0.163 e. The first kappa shape index (κ1) is 9.78. The number of hydrogen-bond donors (Lipinski definition) is 0. The van der Waals surface area contributed by atoms with E-state index in [9.17, 15) is 0 Å². The summed E-state index contributed by atoms with van der Waals surface area (Å²) >= 11 is 0. The molecule has 84 valence electrons. The second-order valence-corrected chi connectivity index (χ2v) is 4.69. The molecule has 0 N–H and O–H groups in total. The van der Waals surface area contributed by atoms with Crippen LogP contribution in [0.4, 0.5) is 0 Å². The van der Waals surface area contributed by atoms with Gasteiger partial charge >= 0.3 is 0 Å². The van der Waals surface area contributed by atoms with Gasteiger partial charge in [0.25, 0.3) is 0 Å². The number of nitrogens with zero attached hydrogens (tertiary/aromatic N) is 4. The third-order valence-corrected chi connectivity index (χ3v) is 3.41.